The molecule has 4 nitrogen and oxygen atoms in total. The van der Waals surface area contributed by atoms with Gasteiger partial charge in [-0.05, 0) is 11.4 Å². The Hall–Kier alpha value is -1.38. The van der Waals surface area contributed by atoms with Crippen molar-refractivity contribution in [2.24, 2.45) is 0 Å². The number of carbonyl (C=O) groups excluding carboxylic acids is 1. The van der Waals surface area contributed by atoms with Gasteiger partial charge in [-0.3, -0.25) is 4.79 Å². The van der Waals surface area contributed by atoms with Crippen LogP contribution in [0.5, 0.6) is 0 Å². The Morgan fingerprint density at radius 3 is 2.94 bits per heavy atom. The van der Waals surface area contributed by atoms with Crippen LogP contribution in [0.3, 0.4) is 0 Å². The van der Waals surface area contributed by atoms with Gasteiger partial charge in [-0.1, -0.05) is 6.07 Å². The summed E-state index contributed by atoms with van der Waals surface area (Å²) in [6, 6.07) is 6.06. The highest BCUT2D eigenvalue weighted by Gasteiger charge is 2.21. The van der Waals surface area contributed by atoms with Gasteiger partial charge in [0.15, 0.2) is 0 Å². The molecule has 0 bridgehead atoms. The molecule has 0 aliphatic carbocycles. The molecule has 1 fully saturated rings. The summed E-state index contributed by atoms with van der Waals surface area (Å²) in [5, 5.41) is 14.3. The maximum Gasteiger partial charge on any atom is 0.224 e. The van der Waals surface area contributed by atoms with Gasteiger partial charge in [0.1, 0.15) is 0 Å². The second-order valence-corrected chi connectivity index (χ2v) is 5.01. The van der Waals surface area contributed by atoms with Crippen molar-refractivity contribution >= 4 is 17.2 Å². The molecule has 2 rings (SSSR count). The molecule has 5 heteroatoms. The topological polar surface area (TPSA) is 56.1 Å². The first kappa shape index (κ1) is 12.1. The zero-order valence-corrected chi connectivity index (χ0v) is 10.4. The van der Waals surface area contributed by atoms with Gasteiger partial charge < -0.3 is 10.2 Å². The predicted molar refractivity (Wildman–Crippen MR) is 66.7 cm³/mol. The summed E-state index contributed by atoms with van der Waals surface area (Å²) in [7, 11) is 0. The minimum Gasteiger partial charge on any atom is -0.340 e. The van der Waals surface area contributed by atoms with Crippen molar-refractivity contribution in [3.63, 3.8) is 0 Å². The standard InChI is InChI=1S/C12H15N3OS/c13-9-10(11-2-1-7-17-11)8-12(16)15-5-3-14-4-6-15/h1-2,7,10,14H,3-6,8H2. The number of hydrogen-bond acceptors (Lipinski definition) is 4. The van der Waals surface area contributed by atoms with Crippen LogP contribution in [0.25, 0.3) is 0 Å². The van der Waals surface area contributed by atoms with Crippen LogP contribution in [0, 0.1) is 11.3 Å². The van der Waals surface area contributed by atoms with Crippen molar-refractivity contribution in [1.82, 2.24) is 10.2 Å². The van der Waals surface area contributed by atoms with Crippen LogP contribution in [-0.4, -0.2) is 37.0 Å². The van der Waals surface area contributed by atoms with E-state index in [1.807, 2.05) is 22.4 Å². The van der Waals surface area contributed by atoms with Crippen LogP contribution in [0.1, 0.15) is 17.2 Å². The van der Waals surface area contributed by atoms with Crippen LogP contribution >= 0.6 is 11.3 Å². The first-order valence-corrected chi connectivity index (χ1v) is 6.60. The fraction of sp³-hybridized carbons (Fsp3) is 0.500. The first-order valence-electron chi connectivity index (χ1n) is 5.73. The van der Waals surface area contributed by atoms with Crippen LogP contribution in [0.2, 0.25) is 0 Å². The van der Waals surface area contributed by atoms with Crippen molar-refractivity contribution in [2.45, 2.75) is 12.3 Å². The summed E-state index contributed by atoms with van der Waals surface area (Å²) >= 11 is 1.54. The molecule has 0 spiro atoms. The second kappa shape index (κ2) is 5.80. The number of carbonyl (C=O) groups is 1. The molecule has 1 aliphatic heterocycles. The SMILES string of the molecule is N#CC(CC(=O)N1CCNCC1)c1cccs1. The average Bonchev–Trinajstić information content (AvgIpc) is 2.90. The quantitative estimate of drug-likeness (QED) is 0.875. The third-order valence-electron chi connectivity index (χ3n) is 2.89. The maximum absolute atomic E-state index is 12.0. The fourth-order valence-electron chi connectivity index (χ4n) is 1.92. The number of hydrogen-bond donors (Lipinski definition) is 1. The van der Waals surface area contributed by atoms with Crippen LogP contribution in [-0.2, 0) is 4.79 Å². The summed E-state index contributed by atoms with van der Waals surface area (Å²) in [6.07, 6.45) is 0.303. The molecular formula is C12H15N3OS. The molecule has 90 valence electrons. The van der Waals surface area contributed by atoms with Crippen LogP contribution < -0.4 is 5.32 Å². The number of nitriles is 1. The molecule has 1 amide bonds. The first-order chi connectivity index (χ1) is 8.31. The zero-order chi connectivity index (χ0) is 12.1. The Kier molecular flexibility index (Phi) is 4.13. The molecule has 1 aliphatic rings. The Labute approximate surface area is 105 Å². The molecule has 1 unspecified atom stereocenters. The molecule has 1 atom stereocenters. The zero-order valence-electron chi connectivity index (χ0n) is 9.56. The minimum atomic E-state index is -0.294. The third-order valence-corrected chi connectivity index (χ3v) is 3.88. The highest BCUT2D eigenvalue weighted by atomic mass is 32.1. The third kappa shape index (κ3) is 3.05. The Morgan fingerprint density at radius 2 is 2.35 bits per heavy atom. The van der Waals surface area contributed by atoms with Crippen molar-refractivity contribution in [3.8, 4) is 6.07 Å². The number of nitrogens with one attached hydrogen (secondary N) is 1. The van der Waals surface area contributed by atoms with Gasteiger partial charge in [0.2, 0.25) is 5.91 Å². The van der Waals surface area contributed by atoms with Gasteiger partial charge >= 0.3 is 0 Å². The normalized spacial score (nSPS) is 17.5. The van der Waals surface area contributed by atoms with Crippen LogP contribution in [0.15, 0.2) is 17.5 Å². The fourth-order valence-corrected chi connectivity index (χ4v) is 2.69. The van der Waals surface area contributed by atoms with Crippen molar-refractivity contribution in [3.05, 3.63) is 22.4 Å². The number of amides is 1. The summed E-state index contributed by atoms with van der Waals surface area (Å²) in [6.45, 7) is 3.20. The lowest BCUT2D eigenvalue weighted by Crippen LogP contribution is -2.46. The summed E-state index contributed by atoms with van der Waals surface area (Å²) in [4.78, 5) is 14.8. The number of rotatable bonds is 3. The van der Waals surface area contributed by atoms with E-state index in [1.165, 1.54) is 11.3 Å². The van der Waals surface area contributed by atoms with Gasteiger partial charge in [-0.25, -0.2) is 0 Å². The lowest BCUT2D eigenvalue weighted by molar-refractivity contribution is -0.131. The minimum absolute atomic E-state index is 0.0893. The maximum atomic E-state index is 12.0. The Morgan fingerprint density at radius 1 is 1.59 bits per heavy atom. The average molecular weight is 249 g/mol. The van der Waals surface area contributed by atoms with Crippen molar-refractivity contribution < 1.29 is 4.79 Å². The molecular weight excluding hydrogens is 234 g/mol. The highest BCUT2D eigenvalue weighted by molar-refractivity contribution is 7.10. The lowest BCUT2D eigenvalue weighted by atomic mass is 10.0. The van der Waals surface area contributed by atoms with E-state index in [9.17, 15) is 4.79 Å². The van der Waals surface area contributed by atoms with Crippen LogP contribution in [0.4, 0.5) is 0 Å². The molecule has 0 radical (unpaired) electrons. The summed E-state index contributed by atoms with van der Waals surface area (Å²) in [5.74, 6) is -0.205. The van der Waals surface area contributed by atoms with Gasteiger partial charge in [-0.2, -0.15) is 5.26 Å². The molecule has 1 saturated heterocycles. The molecule has 1 N–H and O–H groups in total. The number of piperazine rings is 1. The van der Waals surface area contributed by atoms with E-state index in [4.69, 9.17) is 5.26 Å². The molecule has 1 aromatic heterocycles. The molecule has 2 heterocycles. The van der Waals surface area contributed by atoms with E-state index >= 15 is 0 Å². The van der Waals surface area contributed by atoms with E-state index in [0.29, 0.717) is 6.42 Å². The van der Waals surface area contributed by atoms with E-state index in [2.05, 4.69) is 11.4 Å². The lowest BCUT2D eigenvalue weighted by Gasteiger charge is -2.28. The van der Waals surface area contributed by atoms with E-state index in [0.717, 1.165) is 31.1 Å². The summed E-state index contributed by atoms with van der Waals surface area (Å²) < 4.78 is 0. The van der Waals surface area contributed by atoms with E-state index < -0.39 is 0 Å². The predicted octanol–water partition coefficient (Wildman–Crippen LogP) is 1.18. The Balaban J connectivity index is 1.95. The molecule has 0 saturated carbocycles. The highest BCUT2D eigenvalue weighted by Crippen LogP contribution is 2.24. The van der Waals surface area contributed by atoms with Gasteiger partial charge in [0.25, 0.3) is 0 Å². The number of thiophene rings is 1. The van der Waals surface area contributed by atoms with Crippen molar-refractivity contribution in [1.29, 1.82) is 5.26 Å². The monoisotopic (exact) mass is 249 g/mol. The van der Waals surface area contributed by atoms with E-state index in [1.54, 1.807) is 0 Å². The van der Waals surface area contributed by atoms with Gasteiger partial charge in [0, 0.05) is 37.5 Å². The van der Waals surface area contributed by atoms with Crippen molar-refractivity contribution in [2.75, 3.05) is 26.2 Å². The second-order valence-electron chi connectivity index (χ2n) is 4.03. The summed E-state index contributed by atoms with van der Waals surface area (Å²) in [5.41, 5.74) is 0. The molecule has 1 aromatic rings. The van der Waals surface area contributed by atoms with E-state index in [-0.39, 0.29) is 11.8 Å². The van der Waals surface area contributed by atoms with Gasteiger partial charge in [0.05, 0.1) is 12.0 Å². The number of nitrogens with zero attached hydrogens (tertiary/aromatic N) is 2. The smallest absolute Gasteiger partial charge is 0.224 e. The molecule has 17 heavy (non-hydrogen) atoms. The Bertz CT molecular complexity index is 404. The largest absolute Gasteiger partial charge is 0.340 e. The van der Waals surface area contributed by atoms with Gasteiger partial charge in [-0.15, -0.1) is 11.3 Å². The molecule has 0 aromatic carbocycles.